The molecular formula is C9H11F3N2. The van der Waals surface area contributed by atoms with Gasteiger partial charge in [-0.15, -0.1) is 0 Å². The summed E-state index contributed by atoms with van der Waals surface area (Å²) in [5.74, 6) is 0. The molecule has 0 saturated carbocycles. The van der Waals surface area contributed by atoms with Crippen molar-refractivity contribution in [3.05, 3.63) is 30.1 Å². The summed E-state index contributed by atoms with van der Waals surface area (Å²) >= 11 is 0. The Morgan fingerprint density at radius 2 is 2.14 bits per heavy atom. The number of aromatic nitrogens is 1. The highest BCUT2D eigenvalue weighted by atomic mass is 19.4. The predicted molar refractivity (Wildman–Crippen MR) is 46.8 cm³/mol. The highest BCUT2D eigenvalue weighted by molar-refractivity contribution is 5.05. The van der Waals surface area contributed by atoms with Gasteiger partial charge in [0, 0.05) is 18.3 Å². The summed E-state index contributed by atoms with van der Waals surface area (Å²) in [6.45, 7) is 0. The first-order valence-corrected chi connectivity index (χ1v) is 4.18. The van der Waals surface area contributed by atoms with E-state index in [0.29, 0.717) is 5.69 Å². The van der Waals surface area contributed by atoms with Gasteiger partial charge in [0.2, 0.25) is 0 Å². The number of nitrogens with zero attached hydrogens (tertiary/aromatic N) is 1. The molecule has 1 atom stereocenters. The van der Waals surface area contributed by atoms with Gasteiger partial charge in [-0.2, -0.15) is 13.2 Å². The molecule has 0 fully saturated rings. The lowest BCUT2D eigenvalue weighted by Crippen LogP contribution is -2.41. The average molecular weight is 204 g/mol. The molecule has 0 radical (unpaired) electrons. The van der Waals surface area contributed by atoms with E-state index in [-0.39, 0.29) is 6.42 Å². The van der Waals surface area contributed by atoms with Gasteiger partial charge < -0.3 is 5.32 Å². The van der Waals surface area contributed by atoms with Crippen molar-refractivity contribution in [1.29, 1.82) is 0 Å². The van der Waals surface area contributed by atoms with Crippen LogP contribution >= 0.6 is 0 Å². The summed E-state index contributed by atoms with van der Waals surface area (Å²) in [5, 5.41) is 2.23. The summed E-state index contributed by atoms with van der Waals surface area (Å²) in [4.78, 5) is 3.84. The average Bonchev–Trinajstić information content (AvgIpc) is 2.14. The van der Waals surface area contributed by atoms with E-state index in [1.54, 1.807) is 18.2 Å². The smallest absolute Gasteiger partial charge is 0.309 e. The van der Waals surface area contributed by atoms with Gasteiger partial charge in [0.15, 0.2) is 0 Å². The quantitative estimate of drug-likeness (QED) is 0.811. The molecule has 0 spiro atoms. The van der Waals surface area contributed by atoms with Crippen LogP contribution in [-0.4, -0.2) is 24.2 Å². The van der Waals surface area contributed by atoms with E-state index in [1.807, 2.05) is 0 Å². The highest BCUT2D eigenvalue weighted by Gasteiger charge is 2.38. The van der Waals surface area contributed by atoms with E-state index < -0.39 is 12.2 Å². The molecule has 0 aliphatic carbocycles. The Hall–Kier alpha value is -1.10. The Kier molecular flexibility index (Phi) is 3.46. The van der Waals surface area contributed by atoms with Crippen LogP contribution < -0.4 is 5.32 Å². The number of likely N-dealkylation sites (N-methyl/N-ethyl adjacent to an activating group) is 1. The number of nitrogens with one attached hydrogen (secondary N) is 1. The maximum atomic E-state index is 12.3. The molecule has 2 nitrogen and oxygen atoms in total. The molecule has 1 aromatic heterocycles. The largest absolute Gasteiger partial charge is 0.404 e. The minimum Gasteiger partial charge on any atom is -0.309 e. The van der Waals surface area contributed by atoms with Gasteiger partial charge >= 0.3 is 6.18 Å². The van der Waals surface area contributed by atoms with Gasteiger partial charge in [-0.05, 0) is 19.2 Å². The minimum atomic E-state index is -4.23. The second kappa shape index (κ2) is 4.41. The van der Waals surface area contributed by atoms with Crippen molar-refractivity contribution in [1.82, 2.24) is 10.3 Å². The highest BCUT2D eigenvalue weighted by Crippen LogP contribution is 2.22. The number of hydrogen-bond donors (Lipinski definition) is 1. The second-order valence-corrected chi connectivity index (χ2v) is 2.91. The van der Waals surface area contributed by atoms with Crippen LogP contribution in [0.5, 0.6) is 0 Å². The summed E-state index contributed by atoms with van der Waals surface area (Å²) in [5.41, 5.74) is 0.434. The molecule has 0 aromatic carbocycles. The molecule has 0 aliphatic rings. The first kappa shape index (κ1) is 11.0. The zero-order chi connectivity index (χ0) is 10.6. The number of hydrogen-bond acceptors (Lipinski definition) is 2. The van der Waals surface area contributed by atoms with Crippen LogP contribution in [0.3, 0.4) is 0 Å². The van der Waals surface area contributed by atoms with Crippen LogP contribution in [0.15, 0.2) is 24.4 Å². The normalized spacial score (nSPS) is 14.0. The zero-order valence-electron chi connectivity index (χ0n) is 7.67. The molecule has 0 saturated heterocycles. The predicted octanol–water partition coefficient (Wildman–Crippen LogP) is 1.77. The lowest BCUT2D eigenvalue weighted by atomic mass is 10.1. The van der Waals surface area contributed by atoms with Gasteiger partial charge in [-0.3, -0.25) is 4.98 Å². The van der Waals surface area contributed by atoms with Crippen molar-refractivity contribution in [2.24, 2.45) is 0 Å². The fraction of sp³-hybridized carbons (Fsp3) is 0.444. The Labute approximate surface area is 80.2 Å². The van der Waals surface area contributed by atoms with Crippen LogP contribution in [0.4, 0.5) is 13.2 Å². The summed E-state index contributed by atoms with van der Waals surface area (Å²) < 4.78 is 36.9. The third-order valence-corrected chi connectivity index (χ3v) is 1.88. The van der Waals surface area contributed by atoms with Gasteiger partial charge in [-0.1, -0.05) is 6.07 Å². The van der Waals surface area contributed by atoms with Crippen molar-refractivity contribution >= 4 is 0 Å². The Bertz CT molecular complexity index is 271. The summed E-state index contributed by atoms with van der Waals surface area (Å²) in [6, 6.07) is 3.39. The standard InChI is InChI=1S/C9H11F3N2/c1-13-8(9(10,11)12)6-7-4-2-3-5-14-7/h2-5,8,13H,6H2,1H3. The first-order chi connectivity index (χ1) is 6.54. The van der Waals surface area contributed by atoms with Crippen LogP contribution in [-0.2, 0) is 6.42 Å². The van der Waals surface area contributed by atoms with Gasteiger partial charge in [0.05, 0.1) is 0 Å². The van der Waals surface area contributed by atoms with Crippen molar-refractivity contribution < 1.29 is 13.2 Å². The molecule has 78 valence electrons. The van der Waals surface area contributed by atoms with Crippen molar-refractivity contribution in [3.63, 3.8) is 0 Å². The number of rotatable bonds is 3. The maximum absolute atomic E-state index is 12.3. The first-order valence-electron chi connectivity index (χ1n) is 4.18. The molecule has 0 bridgehead atoms. The number of halogens is 3. The second-order valence-electron chi connectivity index (χ2n) is 2.91. The van der Waals surface area contributed by atoms with E-state index in [0.717, 1.165) is 0 Å². The van der Waals surface area contributed by atoms with Crippen LogP contribution in [0.25, 0.3) is 0 Å². The zero-order valence-corrected chi connectivity index (χ0v) is 7.67. The number of alkyl halides is 3. The van der Waals surface area contributed by atoms with E-state index in [2.05, 4.69) is 10.3 Å². The molecule has 0 amide bonds. The Morgan fingerprint density at radius 1 is 1.43 bits per heavy atom. The van der Waals surface area contributed by atoms with Crippen molar-refractivity contribution in [2.75, 3.05) is 7.05 Å². The SMILES string of the molecule is CNC(Cc1ccccn1)C(F)(F)F. The monoisotopic (exact) mass is 204 g/mol. The Balaban J connectivity index is 2.67. The lowest BCUT2D eigenvalue weighted by Gasteiger charge is -2.18. The lowest BCUT2D eigenvalue weighted by molar-refractivity contribution is -0.154. The molecule has 1 heterocycles. The molecular weight excluding hydrogens is 193 g/mol. The van der Waals surface area contributed by atoms with Gasteiger partial charge in [0.25, 0.3) is 0 Å². The van der Waals surface area contributed by atoms with Gasteiger partial charge in [-0.25, -0.2) is 0 Å². The van der Waals surface area contributed by atoms with Crippen molar-refractivity contribution in [3.8, 4) is 0 Å². The minimum absolute atomic E-state index is 0.138. The summed E-state index contributed by atoms with van der Waals surface area (Å²) in [7, 11) is 1.29. The summed E-state index contributed by atoms with van der Waals surface area (Å²) in [6.07, 6.45) is -2.88. The molecule has 1 unspecified atom stereocenters. The van der Waals surface area contributed by atoms with Crippen LogP contribution in [0.1, 0.15) is 5.69 Å². The van der Waals surface area contributed by atoms with E-state index in [4.69, 9.17) is 0 Å². The van der Waals surface area contributed by atoms with Crippen LogP contribution in [0.2, 0.25) is 0 Å². The molecule has 1 aromatic rings. The third kappa shape index (κ3) is 2.99. The van der Waals surface area contributed by atoms with E-state index in [1.165, 1.54) is 13.2 Å². The third-order valence-electron chi connectivity index (χ3n) is 1.88. The maximum Gasteiger partial charge on any atom is 0.404 e. The van der Waals surface area contributed by atoms with Crippen LogP contribution in [0, 0.1) is 0 Å². The molecule has 1 N–H and O–H groups in total. The van der Waals surface area contributed by atoms with E-state index in [9.17, 15) is 13.2 Å². The molecule has 14 heavy (non-hydrogen) atoms. The Morgan fingerprint density at radius 3 is 2.57 bits per heavy atom. The molecule has 0 aliphatic heterocycles. The van der Waals surface area contributed by atoms with Crippen molar-refractivity contribution in [2.45, 2.75) is 18.6 Å². The fourth-order valence-electron chi connectivity index (χ4n) is 1.11. The van der Waals surface area contributed by atoms with Gasteiger partial charge in [0.1, 0.15) is 6.04 Å². The molecule has 1 rings (SSSR count). The fourth-order valence-corrected chi connectivity index (χ4v) is 1.11. The van der Waals surface area contributed by atoms with E-state index >= 15 is 0 Å². The number of pyridine rings is 1. The topological polar surface area (TPSA) is 24.9 Å². The molecule has 5 heteroatoms.